The Morgan fingerprint density at radius 2 is 1.94 bits per heavy atom. The van der Waals surface area contributed by atoms with Gasteiger partial charge < -0.3 is 5.73 Å². The third-order valence-corrected chi connectivity index (χ3v) is 3.32. The lowest BCUT2D eigenvalue weighted by Crippen LogP contribution is -1.95. The van der Waals surface area contributed by atoms with Gasteiger partial charge in [-0.25, -0.2) is 9.97 Å². The molecule has 1 aromatic heterocycles. The zero-order valence-electron chi connectivity index (χ0n) is 9.35. The average molecular weight is 266 g/mol. The van der Waals surface area contributed by atoms with Crippen molar-refractivity contribution in [1.29, 1.82) is 0 Å². The van der Waals surface area contributed by atoms with Crippen molar-refractivity contribution in [2.45, 2.75) is 17.6 Å². The summed E-state index contributed by atoms with van der Waals surface area (Å²) in [7, 11) is 0. The number of nitrogens with zero attached hydrogens (tertiary/aromatic N) is 2. The molecule has 2 N–H and O–H groups in total. The molecule has 17 heavy (non-hydrogen) atoms. The van der Waals surface area contributed by atoms with Gasteiger partial charge in [0.25, 0.3) is 0 Å². The van der Waals surface area contributed by atoms with E-state index in [1.807, 2.05) is 31.2 Å². The number of hydrogen-bond acceptors (Lipinski definition) is 4. The molecule has 0 spiro atoms. The second kappa shape index (κ2) is 5.38. The van der Waals surface area contributed by atoms with Crippen LogP contribution in [0.25, 0.3) is 0 Å². The molecule has 88 valence electrons. The van der Waals surface area contributed by atoms with Gasteiger partial charge in [0.2, 0.25) is 0 Å². The first-order chi connectivity index (χ1) is 8.13. The van der Waals surface area contributed by atoms with E-state index >= 15 is 0 Å². The number of benzene rings is 1. The first kappa shape index (κ1) is 12.2. The minimum atomic E-state index is 0.491. The van der Waals surface area contributed by atoms with Crippen LogP contribution >= 0.6 is 23.4 Å². The van der Waals surface area contributed by atoms with Crippen LogP contribution in [0.15, 0.2) is 35.2 Å². The van der Waals surface area contributed by atoms with Crippen LogP contribution in [0.5, 0.6) is 0 Å². The average Bonchev–Trinajstić information content (AvgIpc) is 2.27. The smallest absolute Gasteiger partial charge is 0.140 e. The van der Waals surface area contributed by atoms with Crippen molar-refractivity contribution < 1.29 is 0 Å². The Bertz CT molecular complexity index is 493. The normalized spacial score (nSPS) is 10.5. The van der Waals surface area contributed by atoms with Crippen LogP contribution in [0, 0.1) is 6.92 Å². The molecule has 0 amide bonds. The van der Waals surface area contributed by atoms with Gasteiger partial charge in [0.1, 0.15) is 11.0 Å². The summed E-state index contributed by atoms with van der Waals surface area (Å²) in [6.07, 6.45) is 0. The molecule has 0 saturated carbocycles. The Balaban J connectivity index is 2.04. The monoisotopic (exact) mass is 265 g/mol. The number of thioether (sulfide) groups is 1. The Kier molecular flexibility index (Phi) is 3.86. The van der Waals surface area contributed by atoms with Crippen LogP contribution < -0.4 is 5.73 Å². The quantitative estimate of drug-likeness (QED) is 0.526. The van der Waals surface area contributed by atoms with E-state index < -0.39 is 0 Å². The van der Waals surface area contributed by atoms with E-state index in [2.05, 4.69) is 9.97 Å². The zero-order valence-corrected chi connectivity index (χ0v) is 10.9. The molecule has 1 heterocycles. The van der Waals surface area contributed by atoms with Gasteiger partial charge in [-0.2, -0.15) is 0 Å². The molecule has 5 heteroatoms. The molecule has 2 aromatic rings. The molecular weight excluding hydrogens is 254 g/mol. The lowest BCUT2D eigenvalue weighted by molar-refractivity contribution is 0.996. The predicted molar refractivity (Wildman–Crippen MR) is 72.2 cm³/mol. The second-order valence-corrected chi connectivity index (χ2v) is 5.04. The summed E-state index contributed by atoms with van der Waals surface area (Å²) < 4.78 is 0. The molecular formula is C12H12ClN3S. The number of nitrogens with two attached hydrogens (primary N) is 1. The molecule has 0 aliphatic heterocycles. The van der Waals surface area contributed by atoms with Gasteiger partial charge in [-0.05, 0) is 37.3 Å². The van der Waals surface area contributed by atoms with Gasteiger partial charge in [0, 0.05) is 16.3 Å². The Labute approximate surface area is 109 Å². The molecule has 1 aromatic carbocycles. The maximum Gasteiger partial charge on any atom is 0.140 e. The first-order valence-corrected chi connectivity index (χ1v) is 6.48. The van der Waals surface area contributed by atoms with E-state index in [0.717, 1.165) is 22.1 Å². The lowest BCUT2D eigenvalue weighted by atomic mass is 10.3. The van der Waals surface area contributed by atoms with Crippen molar-refractivity contribution in [3.8, 4) is 0 Å². The van der Waals surface area contributed by atoms with E-state index in [-0.39, 0.29) is 0 Å². The van der Waals surface area contributed by atoms with Gasteiger partial charge in [0.15, 0.2) is 0 Å². The van der Waals surface area contributed by atoms with Crippen LogP contribution in [0.3, 0.4) is 0 Å². The maximum atomic E-state index is 5.88. The number of halogens is 1. The van der Waals surface area contributed by atoms with E-state index in [0.29, 0.717) is 10.9 Å². The van der Waals surface area contributed by atoms with E-state index in [1.165, 1.54) is 0 Å². The van der Waals surface area contributed by atoms with Crippen LogP contribution in [-0.4, -0.2) is 9.97 Å². The van der Waals surface area contributed by atoms with Crippen LogP contribution in [-0.2, 0) is 5.75 Å². The SMILES string of the molecule is Cc1cc(Cl)nc(CSc2ccc(N)cc2)n1. The number of aryl methyl sites for hydroxylation is 1. The largest absolute Gasteiger partial charge is 0.399 e. The molecule has 3 nitrogen and oxygen atoms in total. The summed E-state index contributed by atoms with van der Waals surface area (Å²) in [5.74, 6) is 1.45. The first-order valence-electron chi connectivity index (χ1n) is 5.12. The van der Waals surface area contributed by atoms with Gasteiger partial charge in [0.05, 0.1) is 5.75 Å². The minimum absolute atomic E-state index is 0.491. The van der Waals surface area contributed by atoms with Crippen molar-refractivity contribution in [1.82, 2.24) is 9.97 Å². The van der Waals surface area contributed by atoms with Gasteiger partial charge in [-0.1, -0.05) is 11.6 Å². The zero-order chi connectivity index (χ0) is 12.3. The van der Waals surface area contributed by atoms with Crippen molar-refractivity contribution in [3.63, 3.8) is 0 Å². The highest BCUT2D eigenvalue weighted by Crippen LogP contribution is 2.22. The second-order valence-electron chi connectivity index (χ2n) is 3.61. The van der Waals surface area contributed by atoms with E-state index in [1.54, 1.807) is 17.8 Å². The highest BCUT2D eigenvalue weighted by Gasteiger charge is 2.02. The molecule has 0 aliphatic carbocycles. The molecule has 0 atom stereocenters. The van der Waals surface area contributed by atoms with Gasteiger partial charge >= 0.3 is 0 Å². The van der Waals surface area contributed by atoms with Crippen molar-refractivity contribution in [3.05, 3.63) is 47.0 Å². The number of rotatable bonds is 3. The lowest BCUT2D eigenvalue weighted by Gasteiger charge is -2.03. The molecule has 0 unspecified atom stereocenters. The summed E-state index contributed by atoms with van der Waals surface area (Å²) in [5.41, 5.74) is 7.28. The van der Waals surface area contributed by atoms with Crippen LogP contribution in [0.1, 0.15) is 11.5 Å². The van der Waals surface area contributed by atoms with E-state index in [9.17, 15) is 0 Å². The Hall–Kier alpha value is -1.26. The third kappa shape index (κ3) is 3.61. The van der Waals surface area contributed by atoms with Crippen molar-refractivity contribution >= 4 is 29.1 Å². The number of anilines is 1. The molecule has 0 fully saturated rings. The van der Waals surface area contributed by atoms with E-state index in [4.69, 9.17) is 17.3 Å². The molecule has 0 radical (unpaired) electrons. The van der Waals surface area contributed by atoms with Gasteiger partial charge in [-0.15, -0.1) is 11.8 Å². The summed E-state index contributed by atoms with van der Waals surface area (Å²) in [5, 5.41) is 0.491. The van der Waals surface area contributed by atoms with Crippen molar-refractivity contribution in [2.24, 2.45) is 0 Å². The predicted octanol–water partition coefficient (Wildman–Crippen LogP) is 3.31. The molecule has 0 aliphatic rings. The summed E-state index contributed by atoms with van der Waals surface area (Å²) in [4.78, 5) is 9.64. The topological polar surface area (TPSA) is 51.8 Å². The molecule has 2 rings (SSSR count). The fourth-order valence-corrected chi connectivity index (χ4v) is 2.37. The highest BCUT2D eigenvalue weighted by molar-refractivity contribution is 7.98. The fourth-order valence-electron chi connectivity index (χ4n) is 1.37. The fraction of sp³-hybridized carbons (Fsp3) is 0.167. The summed E-state index contributed by atoms with van der Waals surface area (Å²) in [6, 6.07) is 9.48. The minimum Gasteiger partial charge on any atom is -0.399 e. The number of nitrogen functional groups attached to an aromatic ring is 1. The highest BCUT2D eigenvalue weighted by atomic mass is 35.5. The summed E-state index contributed by atoms with van der Waals surface area (Å²) >= 11 is 7.54. The van der Waals surface area contributed by atoms with Crippen LogP contribution in [0.2, 0.25) is 5.15 Å². The Morgan fingerprint density at radius 1 is 1.24 bits per heavy atom. The maximum absolute atomic E-state index is 5.88. The number of hydrogen-bond donors (Lipinski definition) is 1. The van der Waals surface area contributed by atoms with Crippen LogP contribution in [0.4, 0.5) is 5.69 Å². The standard InChI is InChI=1S/C12H12ClN3S/c1-8-6-11(13)16-12(15-8)7-17-10-4-2-9(14)3-5-10/h2-6H,7,14H2,1H3. The number of aromatic nitrogens is 2. The molecule has 0 saturated heterocycles. The van der Waals surface area contributed by atoms with Crippen molar-refractivity contribution in [2.75, 3.05) is 5.73 Å². The molecule has 0 bridgehead atoms. The van der Waals surface area contributed by atoms with Gasteiger partial charge in [-0.3, -0.25) is 0 Å². The Morgan fingerprint density at radius 3 is 2.59 bits per heavy atom. The third-order valence-electron chi connectivity index (χ3n) is 2.12. The summed E-state index contributed by atoms with van der Waals surface area (Å²) in [6.45, 7) is 1.91.